The predicted octanol–water partition coefficient (Wildman–Crippen LogP) is 7.53. The van der Waals surface area contributed by atoms with Crippen LogP contribution in [-0.2, 0) is 73.3 Å². The Balaban J connectivity index is 2.21. The SMILES string of the molecule is C/C=C(\C)[C@H]1OC(=O)[C@@H](C)NC(=O)[C@H](C(C)CC)NC(=O)CN(C)C(=O)[C@@H](Cc2ccc(OC(=O)CCCCOCCOCCOCCCCC(=O)CCSSC)cc2)N(C)C(=O)[C@H](C)NC(=O)[C@@H](CC(C)C)OC(=O)/C(C)=C/CC[C@@H]1C. The Morgan fingerprint density at radius 3 is 1.98 bits per heavy atom. The lowest BCUT2D eigenvalue weighted by atomic mass is 9.93. The van der Waals surface area contributed by atoms with Crippen LogP contribution >= 0.6 is 21.6 Å². The number of hydrogen-bond donors (Lipinski definition) is 3. The molecule has 0 saturated heterocycles. The number of nitrogens with zero attached hydrogens (tertiary/aromatic N) is 2. The Labute approximate surface area is 501 Å². The Morgan fingerprint density at radius 2 is 1.39 bits per heavy atom. The molecular formula is C61H97N5O15S2. The first-order valence-corrected chi connectivity index (χ1v) is 32.0. The number of carbonyl (C=O) groups is 9. The molecule has 0 bridgehead atoms. The van der Waals surface area contributed by atoms with E-state index in [2.05, 4.69) is 16.0 Å². The zero-order chi connectivity index (χ0) is 62.0. The summed E-state index contributed by atoms with van der Waals surface area (Å²) in [4.78, 5) is 124. The summed E-state index contributed by atoms with van der Waals surface area (Å²) in [6.07, 6.45) is 9.26. The quantitative estimate of drug-likeness (QED) is 0.0241. The Morgan fingerprint density at radius 1 is 0.783 bits per heavy atom. The number of unbranched alkanes of at least 4 members (excludes halogenated alkanes) is 2. The van der Waals surface area contributed by atoms with Crippen LogP contribution in [0.5, 0.6) is 5.75 Å². The van der Waals surface area contributed by atoms with E-state index in [1.165, 1.54) is 32.8 Å². The topological polar surface area (TPSA) is 252 Å². The maximum absolute atomic E-state index is 14.6. The average Bonchev–Trinajstić information content (AvgIpc) is 3.53. The van der Waals surface area contributed by atoms with E-state index in [1.54, 1.807) is 65.8 Å². The minimum atomic E-state index is -1.26. The molecular weight excluding hydrogens is 1110 g/mol. The van der Waals surface area contributed by atoms with E-state index in [4.69, 9.17) is 28.4 Å². The molecule has 83 heavy (non-hydrogen) atoms. The fourth-order valence-corrected chi connectivity index (χ4v) is 9.99. The third-order valence-corrected chi connectivity index (χ3v) is 16.0. The van der Waals surface area contributed by atoms with Crippen molar-refractivity contribution in [3.05, 3.63) is 53.1 Å². The molecule has 2 rings (SSSR count). The van der Waals surface area contributed by atoms with Crippen LogP contribution in [0.15, 0.2) is 47.6 Å². The number of Topliss-reactive ketones (excluding diaryl/α,β-unsaturated/α-hetero) is 1. The highest BCUT2D eigenvalue weighted by atomic mass is 33.1. The van der Waals surface area contributed by atoms with Crippen molar-refractivity contribution in [1.29, 1.82) is 0 Å². The summed E-state index contributed by atoms with van der Waals surface area (Å²) in [6, 6.07) is 1.81. The zero-order valence-corrected chi connectivity index (χ0v) is 53.3. The summed E-state index contributed by atoms with van der Waals surface area (Å²) in [6.45, 7) is 19.7. The van der Waals surface area contributed by atoms with Gasteiger partial charge in [-0.05, 0) is 127 Å². The average molecular weight is 1200 g/mol. The molecule has 0 aliphatic carbocycles. The van der Waals surface area contributed by atoms with Crippen LogP contribution in [0.2, 0.25) is 0 Å². The van der Waals surface area contributed by atoms with Gasteiger partial charge in [0.15, 0.2) is 6.10 Å². The number of allylic oxidation sites excluding steroid dienone is 2. The number of ether oxygens (including phenoxy) is 6. The summed E-state index contributed by atoms with van der Waals surface area (Å²) in [5.74, 6) is -4.43. The van der Waals surface area contributed by atoms with E-state index in [0.717, 1.165) is 29.1 Å². The molecule has 1 aromatic rings. The number of carbonyl (C=O) groups excluding carboxylic acids is 9. The molecule has 0 spiro atoms. The fraction of sp³-hybridized carbons (Fsp3) is 0.689. The van der Waals surface area contributed by atoms with Gasteiger partial charge in [0, 0.05) is 64.3 Å². The first-order valence-electron chi connectivity index (χ1n) is 29.3. The number of likely N-dealkylation sites (N-methyl/N-ethyl adjacent to an activating group) is 2. The Kier molecular flexibility index (Phi) is 36.4. The first kappa shape index (κ1) is 73.8. The summed E-state index contributed by atoms with van der Waals surface area (Å²) < 4.78 is 34.1. The standard InChI is InChI=1S/C61H97N5O15S2/c1-14-41(5)54-57(71)63-46(10)61(75)81-55(42(6)15-2)43(7)21-20-22-44(8)60(74)80-51(37-40(3)4)56(70)62-45(9)58(72)66(12)50(59(73)65(11)39-52(68)64-54)38-47-25-27-49(28-26-47)79-53(69)24-17-19-31-77-33-35-78-34-32-76-30-18-16-23-48(67)29-36-83-82-13/h15,22,25-28,40-41,43,45-46,50-51,54-55H,14,16-21,23-24,29-39H2,1-13H3,(H,62,70)(H,63,71)(H,64,68)/b42-15+,44-22+/t41?,43-,45-,46+,50+,51+,54-,55+/m0/s1. The molecule has 20 nitrogen and oxygen atoms in total. The van der Waals surface area contributed by atoms with Gasteiger partial charge < -0.3 is 54.2 Å². The van der Waals surface area contributed by atoms with Crippen LogP contribution in [0.3, 0.4) is 0 Å². The molecule has 3 N–H and O–H groups in total. The molecule has 0 aromatic heterocycles. The largest absolute Gasteiger partial charge is 0.456 e. The monoisotopic (exact) mass is 1200 g/mol. The zero-order valence-electron chi connectivity index (χ0n) is 51.6. The van der Waals surface area contributed by atoms with Crippen molar-refractivity contribution in [2.24, 2.45) is 17.8 Å². The van der Waals surface area contributed by atoms with Gasteiger partial charge in [-0.2, -0.15) is 0 Å². The van der Waals surface area contributed by atoms with Gasteiger partial charge in [-0.25, -0.2) is 9.59 Å². The molecule has 1 aliphatic heterocycles. The number of amides is 5. The Hall–Kier alpha value is -5.29. The highest BCUT2D eigenvalue weighted by Gasteiger charge is 2.36. The van der Waals surface area contributed by atoms with E-state index < -0.39 is 96.3 Å². The molecule has 5 amide bonds. The highest BCUT2D eigenvalue weighted by molar-refractivity contribution is 8.76. The van der Waals surface area contributed by atoms with Crippen LogP contribution in [0.4, 0.5) is 0 Å². The van der Waals surface area contributed by atoms with Crippen LogP contribution in [-0.4, -0.2) is 172 Å². The number of cyclic esters (lactones) is 2. The van der Waals surface area contributed by atoms with Gasteiger partial charge in [0.25, 0.3) is 5.91 Å². The first-order chi connectivity index (χ1) is 39.4. The van der Waals surface area contributed by atoms with Crippen molar-refractivity contribution < 1.29 is 71.6 Å². The molecule has 22 heteroatoms. The molecule has 0 radical (unpaired) electrons. The molecule has 0 fully saturated rings. The Bertz CT molecular complexity index is 2280. The third-order valence-electron chi connectivity index (χ3n) is 14.2. The van der Waals surface area contributed by atoms with Crippen molar-refractivity contribution in [3.8, 4) is 5.75 Å². The number of benzene rings is 1. The van der Waals surface area contributed by atoms with Gasteiger partial charge in [0.1, 0.15) is 41.8 Å². The van der Waals surface area contributed by atoms with Crippen molar-refractivity contribution in [2.45, 2.75) is 183 Å². The van der Waals surface area contributed by atoms with Crippen LogP contribution < -0.4 is 20.7 Å². The van der Waals surface area contributed by atoms with Gasteiger partial charge >= 0.3 is 17.9 Å². The van der Waals surface area contributed by atoms with Gasteiger partial charge in [-0.15, -0.1) is 0 Å². The van der Waals surface area contributed by atoms with E-state index in [-0.39, 0.29) is 42.4 Å². The second-order valence-corrected chi connectivity index (χ2v) is 24.4. The minimum Gasteiger partial charge on any atom is -0.456 e. The highest BCUT2D eigenvalue weighted by Crippen LogP contribution is 2.24. The number of nitrogens with one attached hydrogen (secondary N) is 3. The second kappa shape index (κ2) is 40.9. The summed E-state index contributed by atoms with van der Waals surface area (Å²) in [5.41, 5.74) is 1.61. The lowest BCUT2D eigenvalue weighted by molar-refractivity contribution is -0.154. The lowest BCUT2D eigenvalue weighted by Gasteiger charge is -2.33. The van der Waals surface area contributed by atoms with Gasteiger partial charge in [-0.1, -0.05) is 86.9 Å². The minimum absolute atomic E-state index is 0.0680. The van der Waals surface area contributed by atoms with E-state index >= 15 is 0 Å². The van der Waals surface area contributed by atoms with Crippen LogP contribution in [0, 0.1) is 17.8 Å². The predicted molar refractivity (Wildman–Crippen MR) is 323 cm³/mol. The second-order valence-electron chi connectivity index (χ2n) is 21.8. The van der Waals surface area contributed by atoms with E-state index in [0.29, 0.717) is 95.9 Å². The number of esters is 3. The maximum Gasteiger partial charge on any atom is 0.334 e. The van der Waals surface area contributed by atoms with Gasteiger partial charge in [0.05, 0.1) is 33.0 Å². The van der Waals surface area contributed by atoms with Crippen molar-refractivity contribution in [1.82, 2.24) is 25.8 Å². The lowest BCUT2D eigenvalue weighted by Crippen LogP contribution is -2.57. The van der Waals surface area contributed by atoms with Gasteiger partial charge in [0.2, 0.25) is 23.6 Å². The van der Waals surface area contributed by atoms with Crippen LogP contribution in [0.1, 0.15) is 145 Å². The number of hydrogen-bond acceptors (Lipinski definition) is 17. The van der Waals surface area contributed by atoms with Crippen molar-refractivity contribution in [2.75, 3.05) is 72.3 Å². The number of rotatable bonds is 28. The van der Waals surface area contributed by atoms with E-state index in [1.807, 2.05) is 53.9 Å². The molecule has 0 saturated carbocycles. The number of ketones is 1. The molecule has 468 valence electrons. The van der Waals surface area contributed by atoms with Gasteiger partial charge in [-0.3, -0.25) is 33.6 Å². The molecule has 1 aromatic carbocycles. The normalized spacial score (nSPS) is 22.9. The van der Waals surface area contributed by atoms with Crippen LogP contribution in [0.25, 0.3) is 0 Å². The van der Waals surface area contributed by atoms with Crippen molar-refractivity contribution >= 4 is 74.8 Å². The molecule has 8 atom stereocenters. The van der Waals surface area contributed by atoms with E-state index in [9.17, 15) is 43.2 Å². The smallest absolute Gasteiger partial charge is 0.334 e. The summed E-state index contributed by atoms with van der Waals surface area (Å²) >= 11 is 0. The summed E-state index contributed by atoms with van der Waals surface area (Å²) in [5, 5.41) is 8.15. The molecule has 1 aliphatic rings. The maximum atomic E-state index is 14.6. The summed E-state index contributed by atoms with van der Waals surface area (Å²) in [7, 11) is 6.17. The molecule has 1 heterocycles. The van der Waals surface area contributed by atoms with Crippen molar-refractivity contribution in [3.63, 3.8) is 0 Å². The fourth-order valence-electron chi connectivity index (χ4n) is 8.76. The third kappa shape index (κ3) is 28.9. The molecule has 1 unspecified atom stereocenters.